The maximum Gasteiger partial charge on any atom is 0.311 e. The van der Waals surface area contributed by atoms with Crippen molar-refractivity contribution in [1.29, 1.82) is 0 Å². The average Bonchev–Trinajstić information content (AvgIpc) is 2.95. The molecule has 0 amide bonds. The molecule has 2 N–H and O–H groups in total. The molecular weight excluding hydrogens is 399 g/mol. The Morgan fingerprint density at radius 1 is 1.07 bits per heavy atom. The van der Waals surface area contributed by atoms with Crippen molar-refractivity contribution < 1.29 is 33.0 Å². The number of halogens is 3. The lowest BCUT2D eigenvalue weighted by atomic mass is 9.91. The Kier molecular flexibility index (Phi) is 5.87. The van der Waals surface area contributed by atoms with E-state index in [1.165, 1.54) is 6.92 Å². The summed E-state index contributed by atoms with van der Waals surface area (Å²) in [5.41, 5.74) is 0.357. The van der Waals surface area contributed by atoms with E-state index >= 15 is 0 Å². The maximum atomic E-state index is 14.1. The zero-order valence-corrected chi connectivity index (χ0v) is 16.4. The standard InChI is InChI=1S/C22H20F3NO4/c1-3-4-5-13(22(29)30)20-11(2)26(18-10-17(25)19(27)9-14(18)20)21(28)12-6-7-15(23)16(24)8-12/h6-10,13,27H,3-5H2,1-2H3,(H,29,30). The van der Waals surface area contributed by atoms with Gasteiger partial charge < -0.3 is 10.2 Å². The highest BCUT2D eigenvalue weighted by Crippen LogP contribution is 2.38. The Hall–Kier alpha value is -3.29. The van der Waals surface area contributed by atoms with Gasteiger partial charge in [0.2, 0.25) is 0 Å². The summed E-state index contributed by atoms with van der Waals surface area (Å²) < 4.78 is 42.1. The summed E-state index contributed by atoms with van der Waals surface area (Å²) >= 11 is 0. The van der Waals surface area contributed by atoms with Gasteiger partial charge in [0.25, 0.3) is 5.91 Å². The van der Waals surface area contributed by atoms with Gasteiger partial charge in [0.15, 0.2) is 23.2 Å². The molecule has 30 heavy (non-hydrogen) atoms. The van der Waals surface area contributed by atoms with Crippen molar-refractivity contribution >= 4 is 22.8 Å². The molecule has 0 aliphatic carbocycles. The molecule has 0 saturated heterocycles. The van der Waals surface area contributed by atoms with Crippen LogP contribution >= 0.6 is 0 Å². The van der Waals surface area contributed by atoms with Crippen LogP contribution in [0, 0.1) is 24.4 Å². The molecule has 3 rings (SSSR count). The van der Waals surface area contributed by atoms with Gasteiger partial charge in [-0.2, -0.15) is 0 Å². The van der Waals surface area contributed by atoms with Crippen LogP contribution in [0.15, 0.2) is 30.3 Å². The first kappa shape index (κ1) is 21.4. The largest absolute Gasteiger partial charge is 0.505 e. The minimum absolute atomic E-state index is 0.0373. The molecule has 0 aliphatic heterocycles. The predicted octanol–water partition coefficient (Wildman–Crippen LogP) is 5.12. The van der Waals surface area contributed by atoms with E-state index in [0.717, 1.165) is 41.3 Å². The number of phenolic OH excluding ortho intramolecular Hbond substituents is 1. The van der Waals surface area contributed by atoms with Gasteiger partial charge in [-0.25, -0.2) is 13.2 Å². The van der Waals surface area contributed by atoms with Crippen LogP contribution in [0.5, 0.6) is 5.75 Å². The maximum absolute atomic E-state index is 14.1. The summed E-state index contributed by atoms with van der Waals surface area (Å²) in [5, 5.41) is 19.8. The first-order chi connectivity index (χ1) is 14.2. The lowest BCUT2D eigenvalue weighted by molar-refractivity contribution is -0.139. The monoisotopic (exact) mass is 419 g/mol. The van der Waals surface area contributed by atoms with Gasteiger partial charge in [0.1, 0.15) is 0 Å². The topological polar surface area (TPSA) is 79.5 Å². The molecule has 5 nitrogen and oxygen atoms in total. The van der Waals surface area contributed by atoms with Crippen molar-refractivity contribution in [3.05, 3.63) is 64.6 Å². The number of aromatic nitrogens is 1. The third-order valence-corrected chi connectivity index (χ3v) is 5.18. The first-order valence-corrected chi connectivity index (χ1v) is 9.43. The van der Waals surface area contributed by atoms with E-state index in [4.69, 9.17) is 0 Å². The lowest BCUT2D eigenvalue weighted by Crippen LogP contribution is -2.16. The van der Waals surface area contributed by atoms with Crippen LogP contribution in [0.2, 0.25) is 0 Å². The Balaban J connectivity index is 2.30. The second-order valence-corrected chi connectivity index (χ2v) is 7.12. The number of unbranched alkanes of at least 4 members (excludes halogenated alkanes) is 1. The number of benzene rings is 2. The zero-order valence-electron chi connectivity index (χ0n) is 16.4. The summed E-state index contributed by atoms with van der Waals surface area (Å²) in [6, 6.07) is 4.64. The first-order valence-electron chi connectivity index (χ1n) is 9.43. The Labute approximate surface area is 170 Å². The van der Waals surface area contributed by atoms with Crippen molar-refractivity contribution in [3.63, 3.8) is 0 Å². The highest BCUT2D eigenvalue weighted by atomic mass is 19.2. The molecule has 1 unspecified atom stereocenters. The Morgan fingerprint density at radius 3 is 2.37 bits per heavy atom. The molecule has 8 heteroatoms. The number of fused-ring (bicyclic) bond motifs is 1. The summed E-state index contributed by atoms with van der Waals surface area (Å²) in [5.74, 6) is -6.89. The normalized spacial score (nSPS) is 12.3. The number of phenols is 1. The third kappa shape index (κ3) is 3.65. The molecule has 2 aromatic carbocycles. The Bertz CT molecular complexity index is 1150. The average molecular weight is 419 g/mol. The zero-order chi connectivity index (χ0) is 22.2. The summed E-state index contributed by atoms with van der Waals surface area (Å²) in [6.45, 7) is 3.41. The minimum Gasteiger partial charge on any atom is -0.505 e. The highest BCUT2D eigenvalue weighted by molar-refractivity contribution is 6.05. The molecule has 0 aliphatic rings. The number of hydrogen-bond donors (Lipinski definition) is 2. The number of aliphatic carboxylic acids is 1. The fourth-order valence-corrected chi connectivity index (χ4v) is 3.71. The van der Waals surface area contributed by atoms with E-state index in [2.05, 4.69) is 0 Å². The van der Waals surface area contributed by atoms with Gasteiger partial charge in [0.05, 0.1) is 11.4 Å². The van der Waals surface area contributed by atoms with Crippen LogP contribution in [0.1, 0.15) is 53.7 Å². The number of carboxylic acid groups (broad SMARTS) is 1. The molecular formula is C22H20F3NO4. The molecule has 0 radical (unpaired) electrons. The van der Waals surface area contributed by atoms with Crippen LogP contribution < -0.4 is 0 Å². The smallest absolute Gasteiger partial charge is 0.311 e. The fourth-order valence-electron chi connectivity index (χ4n) is 3.71. The van der Waals surface area contributed by atoms with Gasteiger partial charge in [-0.05, 0) is 43.2 Å². The number of carbonyl (C=O) groups excluding carboxylic acids is 1. The van der Waals surface area contributed by atoms with Crippen LogP contribution in [0.3, 0.4) is 0 Å². The van der Waals surface area contributed by atoms with Gasteiger partial charge in [0, 0.05) is 22.7 Å². The molecule has 1 aromatic heterocycles. The molecule has 3 aromatic rings. The van der Waals surface area contributed by atoms with Crippen molar-refractivity contribution in [2.45, 2.75) is 39.0 Å². The number of nitrogens with zero attached hydrogens (tertiary/aromatic N) is 1. The van der Waals surface area contributed by atoms with Crippen LogP contribution in [-0.2, 0) is 4.79 Å². The third-order valence-electron chi connectivity index (χ3n) is 5.18. The second kappa shape index (κ2) is 8.22. The van der Waals surface area contributed by atoms with Crippen molar-refractivity contribution in [2.24, 2.45) is 0 Å². The van der Waals surface area contributed by atoms with E-state index in [-0.39, 0.29) is 34.1 Å². The molecule has 0 bridgehead atoms. The van der Waals surface area contributed by atoms with Gasteiger partial charge in [-0.15, -0.1) is 0 Å². The Morgan fingerprint density at radius 2 is 1.77 bits per heavy atom. The van der Waals surface area contributed by atoms with Crippen LogP contribution in [-0.4, -0.2) is 26.7 Å². The highest BCUT2D eigenvalue weighted by Gasteiger charge is 2.30. The number of carboxylic acids is 1. The SMILES string of the molecule is CCCCC(C(=O)O)c1c(C)n(C(=O)c2ccc(F)c(F)c2)c2cc(F)c(O)cc12. The van der Waals surface area contributed by atoms with Crippen molar-refractivity contribution in [2.75, 3.05) is 0 Å². The summed E-state index contributed by atoms with van der Waals surface area (Å²) in [4.78, 5) is 25.1. The summed E-state index contributed by atoms with van der Waals surface area (Å²) in [7, 11) is 0. The molecule has 1 heterocycles. The van der Waals surface area contributed by atoms with E-state index in [1.54, 1.807) is 0 Å². The lowest BCUT2D eigenvalue weighted by Gasteiger charge is -2.13. The van der Waals surface area contributed by atoms with Crippen LogP contribution in [0.25, 0.3) is 10.9 Å². The minimum atomic E-state index is -1.22. The molecule has 0 spiro atoms. The van der Waals surface area contributed by atoms with Gasteiger partial charge >= 0.3 is 5.97 Å². The van der Waals surface area contributed by atoms with E-state index in [9.17, 15) is 33.0 Å². The van der Waals surface area contributed by atoms with Crippen LogP contribution in [0.4, 0.5) is 13.2 Å². The number of carbonyl (C=O) groups is 2. The quantitative estimate of drug-likeness (QED) is 0.581. The molecule has 0 saturated carbocycles. The van der Waals surface area contributed by atoms with Crippen molar-refractivity contribution in [1.82, 2.24) is 4.57 Å². The van der Waals surface area contributed by atoms with E-state index in [1.807, 2.05) is 6.92 Å². The van der Waals surface area contributed by atoms with Gasteiger partial charge in [-0.1, -0.05) is 19.8 Å². The van der Waals surface area contributed by atoms with E-state index in [0.29, 0.717) is 6.42 Å². The predicted molar refractivity (Wildman–Crippen MR) is 104 cm³/mol. The van der Waals surface area contributed by atoms with Gasteiger partial charge in [-0.3, -0.25) is 14.2 Å². The van der Waals surface area contributed by atoms with E-state index < -0.39 is 41.0 Å². The fraction of sp³-hybridized carbons (Fsp3) is 0.273. The van der Waals surface area contributed by atoms with Crippen molar-refractivity contribution in [3.8, 4) is 5.75 Å². The summed E-state index contributed by atoms with van der Waals surface area (Å²) in [6.07, 6.45) is 1.63. The number of aromatic hydroxyl groups is 1. The second-order valence-electron chi connectivity index (χ2n) is 7.12. The molecule has 0 fully saturated rings. The molecule has 1 atom stereocenters. The molecule has 158 valence electrons. The number of rotatable bonds is 6. The number of hydrogen-bond acceptors (Lipinski definition) is 3.